The van der Waals surface area contributed by atoms with Crippen LogP contribution in [0.15, 0.2) is 54.7 Å². The molecule has 3 aromatic rings. The fourth-order valence-corrected chi connectivity index (χ4v) is 4.31. The fourth-order valence-electron chi connectivity index (χ4n) is 4.31. The molecular weight excluding hydrogens is 453 g/mol. The molecule has 4 rings (SSSR count). The van der Waals surface area contributed by atoms with Crippen LogP contribution in [0.1, 0.15) is 68.9 Å². The number of aromatic nitrogens is 2. The van der Waals surface area contributed by atoms with E-state index in [0.717, 1.165) is 31.1 Å². The minimum Gasteiger partial charge on any atom is -0.494 e. The molecule has 35 heavy (non-hydrogen) atoms. The van der Waals surface area contributed by atoms with Crippen molar-refractivity contribution in [3.8, 4) is 5.75 Å². The molecule has 1 fully saturated rings. The summed E-state index contributed by atoms with van der Waals surface area (Å²) in [5.74, 6) is 0.949. The first-order chi connectivity index (χ1) is 16.9. The first kappa shape index (κ1) is 24.8. The van der Waals surface area contributed by atoms with Gasteiger partial charge in [0, 0.05) is 23.6 Å². The second-order valence-corrected chi connectivity index (χ2v) is 8.89. The van der Waals surface area contributed by atoms with Gasteiger partial charge < -0.3 is 15.4 Å². The summed E-state index contributed by atoms with van der Waals surface area (Å²) in [7, 11) is 0. The van der Waals surface area contributed by atoms with E-state index in [1.54, 1.807) is 24.3 Å². The molecule has 186 valence electrons. The Hall–Kier alpha value is -3.29. The summed E-state index contributed by atoms with van der Waals surface area (Å²) < 4.78 is 46.7. The molecule has 1 heterocycles. The molecule has 1 aliphatic carbocycles. The Bertz CT molecular complexity index is 1100. The molecule has 0 radical (unpaired) electrons. The number of nitrogens with zero attached hydrogens (tertiary/aromatic N) is 2. The number of anilines is 4. The lowest BCUT2D eigenvalue weighted by Gasteiger charge is -2.16. The lowest BCUT2D eigenvalue weighted by molar-refractivity contribution is -0.137. The Balaban J connectivity index is 1.50. The van der Waals surface area contributed by atoms with Crippen molar-refractivity contribution in [3.63, 3.8) is 0 Å². The van der Waals surface area contributed by atoms with E-state index in [2.05, 4.69) is 39.7 Å². The molecule has 0 amide bonds. The van der Waals surface area contributed by atoms with Crippen LogP contribution in [-0.2, 0) is 6.18 Å². The van der Waals surface area contributed by atoms with Crippen LogP contribution in [0.25, 0.3) is 0 Å². The molecule has 2 aromatic carbocycles. The van der Waals surface area contributed by atoms with Gasteiger partial charge in [-0.25, -0.2) is 4.98 Å². The summed E-state index contributed by atoms with van der Waals surface area (Å²) in [6.45, 7) is 2.67. The molecule has 0 bridgehead atoms. The van der Waals surface area contributed by atoms with Gasteiger partial charge in [-0.2, -0.15) is 18.2 Å². The van der Waals surface area contributed by atoms with Gasteiger partial charge in [-0.3, -0.25) is 0 Å². The van der Waals surface area contributed by atoms with Crippen molar-refractivity contribution in [1.29, 1.82) is 0 Å². The zero-order valence-corrected chi connectivity index (χ0v) is 19.9. The lowest BCUT2D eigenvalue weighted by atomic mass is 9.98. The van der Waals surface area contributed by atoms with E-state index >= 15 is 0 Å². The molecule has 8 heteroatoms. The minimum absolute atomic E-state index is 0.0843. The molecular formula is C27H31F3N4O. The topological polar surface area (TPSA) is 59.1 Å². The standard InChI is InChI=1S/C27H31F3N4O/c1-2-3-6-16-35-23-11-7-10-22(17-23)32-25-24(27(28,29)30)18-31-26(34-25)33-21-14-12-20(13-15-21)19-8-4-5-9-19/h7,10-15,17-19H,2-6,8-9,16H2,1H3,(H2,31,32,33,34). The van der Waals surface area contributed by atoms with Crippen molar-refractivity contribution < 1.29 is 17.9 Å². The second-order valence-electron chi connectivity index (χ2n) is 8.89. The summed E-state index contributed by atoms with van der Waals surface area (Å²) in [6, 6.07) is 14.8. The van der Waals surface area contributed by atoms with E-state index in [1.165, 1.54) is 31.2 Å². The Kier molecular flexibility index (Phi) is 8.10. The molecule has 5 nitrogen and oxygen atoms in total. The van der Waals surface area contributed by atoms with Crippen LogP contribution in [0.2, 0.25) is 0 Å². The summed E-state index contributed by atoms with van der Waals surface area (Å²) in [5.41, 5.74) is 1.53. The van der Waals surface area contributed by atoms with Crippen molar-refractivity contribution in [2.45, 2.75) is 64.0 Å². The molecule has 0 saturated heterocycles. The monoisotopic (exact) mass is 484 g/mol. The number of rotatable bonds is 10. The van der Waals surface area contributed by atoms with Crippen molar-refractivity contribution in [3.05, 3.63) is 65.9 Å². The second kappa shape index (κ2) is 11.4. The quantitative estimate of drug-likeness (QED) is 0.284. The number of alkyl halides is 3. The Labute approximate surface area is 204 Å². The van der Waals surface area contributed by atoms with E-state index in [1.807, 2.05) is 12.1 Å². The van der Waals surface area contributed by atoms with E-state index in [9.17, 15) is 13.2 Å². The van der Waals surface area contributed by atoms with Gasteiger partial charge in [-0.15, -0.1) is 0 Å². The predicted octanol–water partition coefficient (Wildman–Crippen LogP) is 8.21. The minimum atomic E-state index is -4.60. The summed E-state index contributed by atoms with van der Waals surface area (Å²) in [6.07, 6.45) is 4.19. The van der Waals surface area contributed by atoms with Crippen LogP contribution in [0.3, 0.4) is 0 Å². The van der Waals surface area contributed by atoms with Crippen LogP contribution in [0.4, 0.5) is 36.3 Å². The van der Waals surface area contributed by atoms with E-state index in [4.69, 9.17) is 4.74 Å². The smallest absolute Gasteiger partial charge is 0.421 e. The molecule has 0 unspecified atom stereocenters. The van der Waals surface area contributed by atoms with Crippen molar-refractivity contribution >= 4 is 23.1 Å². The highest BCUT2D eigenvalue weighted by Gasteiger charge is 2.35. The maximum absolute atomic E-state index is 13.7. The van der Waals surface area contributed by atoms with Crippen LogP contribution in [0, 0.1) is 0 Å². The van der Waals surface area contributed by atoms with Crippen LogP contribution < -0.4 is 15.4 Å². The largest absolute Gasteiger partial charge is 0.494 e. The van der Waals surface area contributed by atoms with Crippen LogP contribution in [-0.4, -0.2) is 16.6 Å². The van der Waals surface area contributed by atoms with Crippen molar-refractivity contribution in [2.24, 2.45) is 0 Å². The zero-order chi connectivity index (χ0) is 24.7. The zero-order valence-electron chi connectivity index (χ0n) is 19.9. The number of nitrogens with one attached hydrogen (secondary N) is 2. The van der Waals surface area contributed by atoms with Gasteiger partial charge in [0.1, 0.15) is 17.1 Å². The summed E-state index contributed by atoms with van der Waals surface area (Å²) >= 11 is 0. The summed E-state index contributed by atoms with van der Waals surface area (Å²) in [4.78, 5) is 8.06. The third-order valence-electron chi connectivity index (χ3n) is 6.20. The third kappa shape index (κ3) is 6.87. The van der Waals surface area contributed by atoms with E-state index in [0.29, 0.717) is 24.0 Å². The van der Waals surface area contributed by atoms with Gasteiger partial charge in [-0.1, -0.05) is 50.8 Å². The molecule has 1 aromatic heterocycles. The molecule has 1 aliphatic rings. The third-order valence-corrected chi connectivity index (χ3v) is 6.20. The maximum Gasteiger partial charge on any atom is 0.421 e. The number of unbranched alkanes of at least 4 members (excludes halogenated alkanes) is 2. The maximum atomic E-state index is 13.7. The van der Waals surface area contributed by atoms with Crippen molar-refractivity contribution in [2.75, 3.05) is 17.2 Å². The van der Waals surface area contributed by atoms with Gasteiger partial charge in [-0.05, 0) is 55.0 Å². The number of hydrogen-bond donors (Lipinski definition) is 2. The number of halogens is 3. The highest BCUT2D eigenvalue weighted by molar-refractivity contribution is 5.64. The fraction of sp³-hybridized carbons (Fsp3) is 0.407. The molecule has 2 N–H and O–H groups in total. The van der Waals surface area contributed by atoms with Crippen LogP contribution in [0.5, 0.6) is 5.75 Å². The van der Waals surface area contributed by atoms with E-state index < -0.39 is 11.7 Å². The highest BCUT2D eigenvalue weighted by Crippen LogP contribution is 2.37. The van der Waals surface area contributed by atoms with Gasteiger partial charge in [0.15, 0.2) is 0 Å². The normalized spacial score (nSPS) is 14.2. The predicted molar refractivity (Wildman–Crippen MR) is 133 cm³/mol. The first-order valence-electron chi connectivity index (χ1n) is 12.2. The number of ether oxygens (including phenoxy) is 1. The summed E-state index contributed by atoms with van der Waals surface area (Å²) in [5, 5.41) is 5.83. The number of benzene rings is 2. The number of hydrogen-bond acceptors (Lipinski definition) is 5. The molecule has 1 saturated carbocycles. The Morgan fingerprint density at radius 3 is 2.46 bits per heavy atom. The van der Waals surface area contributed by atoms with Gasteiger partial charge in [0.05, 0.1) is 6.61 Å². The van der Waals surface area contributed by atoms with Crippen molar-refractivity contribution in [1.82, 2.24) is 9.97 Å². The first-order valence-corrected chi connectivity index (χ1v) is 12.2. The molecule has 0 spiro atoms. The van der Waals surface area contributed by atoms with Gasteiger partial charge >= 0.3 is 6.18 Å². The lowest BCUT2D eigenvalue weighted by Crippen LogP contribution is -2.12. The van der Waals surface area contributed by atoms with Gasteiger partial charge in [0.2, 0.25) is 5.95 Å². The molecule has 0 aliphatic heterocycles. The SMILES string of the molecule is CCCCCOc1cccc(Nc2nc(Nc3ccc(C4CCCC4)cc3)ncc2C(F)(F)F)c1. The molecule has 0 atom stereocenters. The Morgan fingerprint density at radius 2 is 1.74 bits per heavy atom. The van der Waals surface area contributed by atoms with Gasteiger partial charge in [0.25, 0.3) is 0 Å². The average Bonchev–Trinajstić information content (AvgIpc) is 3.37. The average molecular weight is 485 g/mol. The Morgan fingerprint density at radius 1 is 0.971 bits per heavy atom. The highest BCUT2D eigenvalue weighted by atomic mass is 19.4. The van der Waals surface area contributed by atoms with E-state index in [-0.39, 0.29) is 11.8 Å². The van der Waals surface area contributed by atoms with Crippen LogP contribution >= 0.6 is 0 Å².